The minimum Gasteiger partial charge on any atom is -0.241 e. The molecule has 71 valence electrons. The third-order valence-corrected chi connectivity index (χ3v) is 2.43. The molecule has 1 rings (SSSR count). The van der Waals surface area contributed by atoms with E-state index in [1.807, 2.05) is 0 Å². The third-order valence-electron chi connectivity index (χ3n) is 2.43. The Hall–Kier alpha value is -0.210. The Balaban J connectivity index is 2.53. The van der Waals surface area contributed by atoms with E-state index >= 15 is 0 Å². The molecule has 0 amide bonds. The molecule has 0 spiro atoms. The van der Waals surface area contributed by atoms with Crippen molar-refractivity contribution < 1.29 is 13.2 Å². The highest BCUT2D eigenvalue weighted by Crippen LogP contribution is 2.41. The van der Waals surface area contributed by atoms with Crippen molar-refractivity contribution >= 4 is 0 Å². The fourth-order valence-electron chi connectivity index (χ4n) is 1.59. The van der Waals surface area contributed by atoms with Crippen molar-refractivity contribution in [3.8, 4) is 0 Å². The topological polar surface area (TPSA) is 0 Å². The number of halogens is 3. The lowest BCUT2D eigenvalue weighted by Crippen LogP contribution is -2.36. The fourth-order valence-corrected chi connectivity index (χ4v) is 1.59. The van der Waals surface area contributed by atoms with Crippen molar-refractivity contribution in [2.24, 2.45) is 0 Å². The van der Waals surface area contributed by atoms with Crippen LogP contribution in [0, 0.1) is 5.92 Å². The second-order valence-electron chi connectivity index (χ2n) is 3.40. The van der Waals surface area contributed by atoms with E-state index in [2.05, 4.69) is 0 Å². The Kier molecular flexibility index (Phi) is 3.02. The molecular formula is C9H14F3. The van der Waals surface area contributed by atoms with Crippen LogP contribution in [0.1, 0.15) is 39.0 Å². The fraction of sp³-hybridized carbons (Fsp3) is 0.889. The second kappa shape index (κ2) is 3.67. The lowest BCUT2D eigenvalue weighted by molar-refractivity contribution is -0.0596. The van der Waals surface area contributed by atoms with Gasteiger partial charge in [0.1, 0.15) is 0 Å². The van der Waals surface area contributed by atoms with E-state index in [0.717, 1.165) is 26.2 Å². The van der Waals surface area contributed by atoms with Gasteiger partial charge in [0.25, 0.3) is 5.92 Å². The van der Waals surface area contributed by atoms with Crippen LogP contribution in [0.15, 0.2) is 0 Å². The zero-order valence-corrected chi connectivity index (χ0v) is 7.25. The van der Waals surface area contributed by atoms with Crippen LogP contribution in [0.4, 0.5) is 13.2 Å². The van der Waals surface area contributed by atoms with E-state index in [4.69, 9.17) is 0 Å². The molecule has 1 saturated carbocycles. The predicted molar refractivity (Wildman–Crippen MR) is 41.8 cm³/mol. The van der Waals surface area contributed by atoms with Crippen LogP contribution < -0.4 is 0 Å². The molecule has 0 bridgehead atoms. The van der Waals surface area contributed by atoms with E-state index in [9.17, 15) is 13.2 Å². The average Bonchev–Trinajstić information content (AvgIpc) is 2.06. The lowest BCUT2D eigenvalue weighted by Gasteiger charge is -2.30. The first kappa shape index (κ1) is 9.87. The van der Waals surface area contributed by atoms with Gasteiger partial charge >= 0.3 is 0 Å². The molecule has 12 heavy (non-hydrogen) atoms. The SMILES string of the molecule is CC(F)C(F)(F)[C]1CCCCC1. The molecule has 0 N–H and O–H groups in total. The highest BCUT2D eigenvalue weighted by Gasteiger charge is 2.45. The summed E-state index contributed by atoms with van der Waals surface area (Å²) in [6.45, 7) is 0.932. The van der Waals surface area contributed by atoms with Gasteiger partial charge in [0, 0.05) is 5.92 Å². The summed E-state index contributed by atoms with van der Waals surface area (Å²) >= 11 is 0. The zero-order valence-electron chi connectivity index (χ0n) is 7.25. The Morgan fingerprint density at radius 2 is 1.67 bits per heavy atom. The lowest BCUT2D eigenvalue weighted by atomic mass is 9.83. The highest BCUT2D eigenvalue weighted by molar-refractivity contribution is 5.07. The van der Waals surface area contributed by atoms with Crippen molar-refractivity contribution in [3.63, 3.8) is 0 Å². The van der Waals surface area contributed by atoms with Crippen LogP contribution in [-0.2, 0) is 0 Å². The summed E-state index contributed by atoms with van der Waals surface area (Å²) in [6.07, 6.45) is 1.35. The highest BCUT2D eigenvalue weighted by atomic mass is 19.3. The van der Waals surface area contributed by atoms with Crippen LogP contribution in [0.5, 0.6) is 0 Å². The Bertz CT molecular complexity index is 137. The number of hydrogen-bond donors (Lipinski definition) is 0. The number of rotatable bonds is 2. The van der Waals surface area contributed by atoms with Crippen LogP contribution in [0.3, 0.4) is 0 Å². The first-order valence-corrected chi connectivity index (χ1v) is 4.42. The van der Waals surface area contributed by atoms with Crippen molar-refractivity contribution in [1.82, 2.24) is 0 Å². The molecule has 0 nitrogen and oxygen atoms in total. The molecule has 0 saturated heterocycles. The average molecular weight is 179 g/mol. The number of hydrogen-bond acceptors (Lipinski definition) is 0. The van der Waals surface area contributed by atoms with Crippen LogP contribution in [0.25, 0.3) is 0 Å². The van der Waals surface area contributed by atoms with Gasteiger partial charge in [-0.3, -0.25) is 0 Å². The van der Waals surface area contributed by atoms with Crippen molar-refractivity contribution in [1.29, 1.82) is 0 Å². The summed E-state index contributed by atoms with van der Waals surface area (Å²) in [7, 11) is 0. The Morgan fingerprint density at radius 3 is 2.08 bits per heavy atom. The van der Waals surface area contributed by atoms with E-state index in [0.29, 0.717) is 12.8 Å². The van der Waals surface area contributed by atoms with Gasteiger partial charge in [0.05, 0.1) is 0 Å². The van der Waals surface area contributed by atoms with Gasteiger partial charge in [-0.1, -0.05) is 19.3 Å². The van der Waals surface area contributed by atoms with E-state index in [1.165, 1.54) is 0 Å². The Morgan fingerprint density at radius 1 is 1.17 bits per heavy atom. The van der Waals surface area contributed by atoms with Crippen LogP contribution >= 0.6 is 0 Å². The van der Waals surface area contributed by atoms with Crippen molar-refractivity contribution in [2.45, 2.75) is 51.1 Å². The monoisotopic (exact) mass is 179 g/mol. The van der Waals surface area contributed by atoms with Gasteiger partial charge in [-0.05, 0) is 19.8 Å². The van der Waals surface area contributed by atoms with Gasteiger partial charge < -0.3 is 0 Å². The summed E-state index contributed by atoms with van der Waals surface area (Å²) in [5.41, 5.74) is 0. The Labute approximate surface area is 71.1 Å². The molecule has 0 aliphatic heterocycles. The standard InChI is InChI=1S/C9H14F3/c1-7(10)9(11,12)8-5-3-2-4-6-8/h7H,2-6H2,1H3. The largest absolute Gasteiger partial charge is 0.284 e. The zero-order chi connectivity index (χ0) is 9.19. The number of alkyl halides is 3. The second-order valence-corrected chi connectivity index (χ2v) is 3.40. The summed E-state index contributed by atoms with van der Waals surface area (Å²) in [5, 5.41) is 0. The smallest absolute Gasteiger partial charge is 0.241 e. The van der Waals surface area contributed by atoms with Gasteiger partial charge in [-0.15, -0.1) is 0 Å². The van der Waals surface area contributed by atoms with Gasteiger partial charge in [-0.2, -0.15) is 0 Å². The molecule has 1 aliphatic carbocycles. The van der Waals surface area contributed by atoms with E-state index < -0.39 is 12.1 Å². The van der Waals surface area contributed by atoms with Crippen LogP contribution in [-0.4, -0.2) is 12.1 Å². The molecule has 0 aromatic heterocycles. The minimum atomic E-state index is -3.18. The molecule has 1 atom stereocenters. The molecule has 1 fully saturated rings. The molecule has 3 heteroatoms. The maximum absolute atomic E-state index is 13.0. The van der Waals surface area contributed by atoms with Gasteiger partial charge in [0.15, 0.2) is 6.17 Å². The van der Waals surface area contributed by atoms with Gasteiger partial charge in [0.2, 0.25) is 0 Å². The van der Waals surface area contributed by atoms with Crippen LogP contribution in [0.2, 0.25) is 0 Å². The summed E-state index contributed by atoms with van der Waals surface area (Å²) in [4.78, 5) is 0. The summed E-state index contributed by atoms with van der Waals surface area (Å²) < 4.78 is 38.5. The van der Waals surface area contributed by atoms with E-state index in [1.54, 1.807) is 0 Å². The molecule has 0 aromatic rings. The molecule has 1 radical (unpaired) electrons. The molecule has 0 aromatic carbocycles. The maximum Gasteiger partial charge on any atom is 0.284 e. The molecule has 1 unspecified atom stereocenters. The normalized spacial score (nSPS) is 24.0. The minimum absolute atomic E-state index is 0.115. The maximum atomic E-state index is 13.0. The summed E-state index contributed by atoms with van der Waals surface area (Å²) in [6, 6.07) is 0. The quantitative estimate of drug-likeness (QED) is 0.608. The van der Waals surface area contributed by atoms with Crippen molar-refractivity contribution in [3.05, 3.63) is 5.92 Å². The first-order chi connectivity index (χ1) is 5.55. The summed E-state index contributed by atoms with van der Waals surface area (Å²) in [5.74, 6) is -3.07. The molecular weight excluding hydrogens is 165 g/mol. The first-order valence-electron chi connectivity index (χ1n) is 4.42. The molecule has 0 heterocycles. The third kappa shape index (κ3) is 1.93. The predicted octanol–water partition coefficient (Wildman–Crippen LogP) is 3.52. The molecule has 1 aliphatic rings. The van der Waals surface area contributed by atoms with Crippen molar-refractivity contribution in [2.75, 3.05) is 0 Å². The van der Waals surface area contributed by atoms with Gasteiger partial charge in [-0.25, -0.2) is 13.2 Å². The van der Waals surface area contributed by atoms with E-state index in [-0.39, 0.29) is 5.92 Å².